The smallest absolute Gasteiger partial charge is 0.119 e. The van der Waals surface area contributed by atoms with Crippen LogP contribution < -0.4 is 10.1 Å². The summed E-state index contributed by atoms with van der Waals surface area (Å²) in [6.45, 7) is 3.20. The first-order chi connectivity index (χ1) is 8.28. The minimum absolute atomic E-state index is 0.342. The third kappa shape index (κ3) is 3.90. The molecule has 0 heterocycles. The van der Waals surface area contributed by atoms with Crippen molar-refractivity contribution in [2.24, 2.45) is 0 Å². The molecule has 1 fully saturated rings. The van der Waals surface area contributed by atoms with Crippen molar-refractivity contribution in [3.63, 3.8) is 0 Å². The van der Waals surface area contributed by atoms with Crippen LogP contribution in [0.1, 0.15) is 32.6 Å². The van der Waals surface area contributed by atoms with Crippen molar-refractivity contribution in [3.05, 3.63) is 29.3 Å². The van der Waals surface area contributed by atoms with Gasteiger partial charge in [0.2, 0.25) is 0 Å². The molecule has 1 aliphatic rings. The second-order valence-electron chi connectivity index (χ2n) is 4.61. The van der Waals surface area contributed by atoms with E-state index in [1.807, 2.05) is 24.3 Å². The zero-order valence-electron chi connectivity index (χ0n) is 10.3. The minimum Gasteiger partial charge on any atom is -0.490 e. The van der Waals surface area contributed by atoms with Crippen LogP contribution in [0.2, 0.25) is 5.02 Å². The van der Waals surface area contributed by atoms with Crippen LogP contribution in [0.3, 0.4) is 0 Å². The molecule has 17 heavy (non-hydrogen) atoms. The number of nitrogens with one attached hydrogen (secondary N) is 1. The maximum atomic E-state index is 5.99. The van der Waals surface area contributed by atoms with Gasteiger partial charge in [-0.1, -0.05) is 18.5 Å². The lowest BCUT2D eigenvalue weighted by Crippen LogP contribution is -2.37. The molecule has 0 radical (unpaired) electrons. The average Bonchev–Trinajstić information content (AvgIpc) is 2.33. The molecule has 1 aromatic carbocycles. The molecule has 2 rings (SSSR count). The number of hydrogen-bond donors (Lipinski definition) is 1. The van der Waals surface area contributed by atoms with Crippen LogP contribution in [0.4, 0.5) is 0 Å². The fraction of sp³-hybridized carbons (Fsp3) is 0.571. The summed E-state index contributed by atoms with van der Waals surface area (Å²) in [7, 11) is 0. The van der Waals surface area contributed by atoms with Crippen LogP contribution in [-0.2, 0) is 0 Å². The lowest BCUT2D eigenvalue weighted by atomic mass is 9.93. The Morgan fingerprint density at radius 1 is 1.29 bits per heavy atom. The van der Waals surface area contributed by atoms with Crippen LogP contribution in [0.15, 0.2) is 24.3 Å². The zero-order chi connectivity index (χ0) is 12.1. The van der Waals surface area contributed by atoms with Gasteiger partial charge in [-0.2, -0.15) is 0 Å². The predicted molar refractivity (Wildman–Crippen MR) is 71.8 cm³/mol. The van der Waals surface area contributed by atoms with Crippen molar-refractivity contribution >= 4 is 11.6 Å². The molecule has 3 heteroatoms. The van der Waals surface area contributed by atoms with E-state index < -0.39 is 0 Å². The molecule has 2 unspecified atom stereocenters. The summed E-state index contributed by atoms with van der Waals surface area (Å²) >= 11 is 5.85. The molecule has 1 saturated carbocycles. The van der Waals surface area contributed by atoms with Gasteiger partial charge in [0.05, 0.1) is 0 Å². The van der Waals surface area contributed by atoms with Crippen molar-refractivity contribution in [3.8, 4) is 5.75 Å². The van der Waals surface area contributed by atoms with Crippen LogP contribution in [0.25, 0.3) is 0 Å². The largest absolute Gasteiger partial charge is 0.490 e. The Morgan fingerprint density at radius 2 is 2.06 bits per heavy atom. The van der Waals surface area contributed by atoms with E-state index in [9.17, 15) is 0 Å². The summed E-state index contributed by atoms with van der Waals surface area (Å²) in [6, 6.07) is 8.26. The first-order valence-corrected chi connectivity index (χ1v) is 6.81. The fourth-order valence-corrected chi connectivity index (χ4v) is 2.56. The van der Waals surface area contributed by atoms with Gasteiger partial charge in [-0.15, -0.1) is 0 Å². The van der Waals surface area contributed by atoms with E-state index >= 15 is 0 Å². The Morgan fingerprint density at radius 3 is 2.76 bits per heavy atom. The third-order valence-electron chi connectivity index (χ3n) is 3.24. The molecule has 2 atom stereocenters. The van der Waals surface area contributed by atoms with Crippen LogP contribution in [0.5, 0.6) is 5.75 Å². The quantitative estimate of drug-likeness (QED) is 0.885. The number of benzene rings is 1. The molecular formula is C14H20ClNO. The molecule has 0 aromatic heterocycles. The Bertz CT molecular complexity index is 337. The van der Waals surface area contributed by atoms with E-state index in [-0.39, 0.29) is 0 Å². The Balaban J connectivity index is 1.87. The monoisotopic (exact) mass is 253 g/mol. The average molecular weight is 254 g/mol. The Labute approximate surface area is 108 Å². The van der Waals surface area contributed by atoms with E-state index in [0.29, 0.717) is 12.1 Å². The van der Waals surface area contributed by atoms with Crippen molar-refractivity contribution in [1.29, 1.82) is 0 Å². The van der Waals surface area contributed by atoms with Gasteiger partial charge in [-0.05, 0) is 56.5 Å². The minimum atomic E-state index is 0.342. The summed E-state index contributed by atoms with van der Waals surface area (Å²) < 4.78 is 5.99. The molecule has 1 aromatic rings. The summed E-state index contributed by atoms with van der Waals surface area (Å²) in [5.41, 5.74) is 0. The van der Waals surface area contributed by atoms with E-state index in [0.717, 1.165) is 30.2 Å². The number of hydrogen-bond acceptors (Lipinski definition) is 2. The van der Waals surface area contributed by atoms with Gasteiger partial charge in [0.25, 0.3) is 0 Å². The predicted octanol–water partition coefficient (Wildman–Crippen LogP) is 3.64. The highest BCUT2D eigenvalue weighted by Crippen LogP contribution is 2.24. The van der Waals surface area contributed by atoms with Crippen LogP contribution in [0, 0.1) is 0 Å². The molecule has 0 amide bonds. The van der Waals surface area contributed by atoms with Gasteiger partial charge in [-0.25, -0.2) is 0 Å². The summed E-state index contributed by atoms with van der Waals surface area (Å²) in [4.78, 5) is 0. The van der Waals surface area contributed by atoms with Gasteiger partial charge in [0.15, 0.2) is 0 Å². The SMILES string of the molecule is CCNC1CCCC(Oc2ccc(Cl)cc2)C1. The van der Waals surface area contributed by atoms with Crippen LogP contribution >= 0.6 is 11.6 Å². The first kappa shape index (κ1) is 12.7. The van der Waals surface area contributed by atoms with E-state index in [1.165, 1.54) is 12.8 Å². The van der Waals surface area contributed by atoms with E-state index in [2.05, 4.69) is 12.2 Å². The molecule has 2 nitrogen and oxygen atoms in total. The first-order valence-electron chi connectivity index (χ1n) is 6.43. The molecule has 1 N–H and O–H groups in total. The second kappa shape index (κ2) is 6.27. The normalized spacial score (nSPS) is 24.6. The van der Waals surface area contributed by atoms with Gasteiger partial charge in [0.1, 0.15) is 11.9 Å². The van der Waals surface area contributed by atoms with Gasteiger partial charge < -0.3 is 10.1 Å². The lowest BCUT2D eigenvalue weighted by molar-refractivity contribution is 0.135. The number of ether oxygens (including phenoxy) is 1. The van der Waals surface area contributed by atoms with E-state index in [1.54, 1.807) is 0 Å². The Hall–Kier alpha value is -0.730. The fourth-order valence-electron chi connectivity index (χ4n) is 2.43. The van der Waals surface area contributed by atoms with Crippen molar-refractivity contribution in [2.45, 2.75) is 44.8 Å². The molecule has 0 aliphatic heterocycles. The molecule has 94 valence electrons. The maximum Gasteiger partial charge on any atom is 0.119 e. The highest BCUT2D eigenvalue weighted by Gasteiger charge is 2.22. The molecule has 0 bridgehead atoms. The number of rotatable bonds is 4. The molecular weight excluding hydrogens is 234 g/mol. The van der Waals surface area contributed by atoms with Gasteiger partial charge in [0, 0.05) is 11.1 Å². The molecule has 0 spiro atoms. The second-order valence-corrected chi connectivity index (χ2v) is 5.05. The van der Waals surface area contributed by atoms with Gasteiger partial charge in [-0.3, -0.25) is 0 Å². The Kier molecular flexibility index (Phi) is 4.69. The summed E-state index contributed by atoms with van der Waals surface area (Å²) in [5.74, 6) is 0.927. The third-order valence-corrected chi connectivity index (χ3v) is 3.49. The maximum absolute atomic E-state index is 5.99. The van der Waals surface area contributed by atoms with Crippen molar-refractivity contribution < 1.29 is 4.74 Å². The van der Waals surface area contributed by atoms with Crippen LogP contribution in [-0.4, -0.2) is 18.7 Å². The van der Waals surface area contributed by atoms with Crippen molar-refractivity contribution in [1.82, 2.24) is 5.32 Å². The van der Waals surface area contributed by atoms with Crippen molar-refractivity contribution in [2.75, 3.05) is 6.54 Å². The standard InChI is InChI=1S/C14H20ClNO/c1-2-16-12-4-3-5-14(10-12)17-13-8-6-11(15)7-9-13/h6-9,12,14,16H,2-5,10H2,1H3. The zero-order valence-corrected chi connectivity index (χ0v) is 11.0. The van der Waals surface area contributed by atoms with Gasteiger partial charge >= 0.3 is 0 Å². The molecule has 0 saturated heterocycles. The highest BCUT2D eigenvalue weighted by atomic mass is 35.5. The lowest BCUT2D eigenvalue weighted by Gasteiger charge is -2.30. The summed E-state index contributed by atoms with van der Waals surface area (Å²) in [6.07, 6.45) is 5.12. The molecule has 1 aliphatic carbocycles. The summed E-state index contributed by atoms with van der Waals surface area (Å²) in [5, 5.41) is 4.26. The van der Waals surface area contributed by atoms with E-state index in [4.69, 9.17) is 16.3 Å². The number of halogens is 1. The topological polar surface area (TPSA) is 21.3 Å². The highest BCUT2D eigenvalue weighted by molar-refractivity contribution is 6.30.